The molecule has 3 nitrogen and oxygen atoms in total. The van der Waals surface area contributed by atoms with Gasteiger partial charge in [0.1, 0.15) is 5.75 Å². The molecule has 0 aromatic heterocycles. The van der Waals surface area contributed by atoms with Crippen molar-refractivity contribution in [2.45, 2.75) is 12.3 Å². The van der Waals surface area contributed by atoms with E-state index in [1.165, 1.54) is 12.1 Å². The number of carbonyl (C=O) groups is 1. The fraction of sp³-hybridized carbons (Fsp3) is 0.133. The minimum absolute atomic E-state index is 0.0815. The normalized spacial score (nSPS) is 12.1. The molecule has 0 saturated heterocycles. The maximum Gasteiger partial charge on any atom is 0.311 e. The summed E-state index contributed by atoms with van der Waals surface area (Å²) in [6, 6.07) is 14.0. The lowest BCUT2D eigenvalue weighted by atomic mass is 9.92. The van der Waals surface area contributed by atoms with Crippen molar-refractivity contribution in [1.82, 2.24) is 0 Å². The van der Waals surface area contributed by atoms with Gasteiger partial charge in [-0.15, -0.1) is 0 Å². The Balaban J connectivity index is 2.29. The van der Waals surface area contributed by atoms with Crippen LogP contribution in [0.3, 0.4) is 0 Å². The highest BCUT2D eigenvalue weighted by molar-refractivity contribution is 9.10. The molecule has 98 valence electrons. The van der Waals surface area contributed by atoms with Crippen LogP contribution in [0.4, 0.5) is 0 Å². The first-order valence-electron chi connectivity index (χ1n) is 5.82. The molecule has 4 heteroatoms. The molecule has 1 unspecified atom stereocenters. The lowest BCUT2D eigenvalue weighted by Gasteiger charge is -2.13. The van der Waals surface area contributed by atoms with E-state index in [1.54, 1.807) is 12.1 Å². The Morgan fingerprint density at radius 1 is 1.16 bits per heavy atom. The largest absolute Gasteiger partial charge is 0.508 e. The van der Waals surface area contributed by atoms with Crippen LogP contribution in [0.25, 0.3) is 0 Å². The van der Waals surface area contributed by atoms with E-state index in [-0.39, 0.29) is 5.75 Å². The predicted molar refractivity (Wildman–Crippen MR) is 76.3 cm³/mol. The SMILES string of the molecule is O=C(O)C(Cc1cccc(Br)c1)c1cccc(O)c1. The highest BCUT2D eigenvalue weighted by Gasteiger charge is 2.20. The van der Waals surface area contributed by atoms with Crippen LogP contribution in [0.15, 0.2) is 53.0 Å². The van der Waals surface area contributed by atoms with Crippen LogP contribution in [0.1, 0.15) is 17.0 Å². The summed E-state index contributed by atoms with van der Waals surface area (Å²) < 4.78 is 0.921. The van der Waals surface area contributed by atoms with Crippen molar-refractivity contribution in [3.63, 3.8) is 0 Å². The molecule has 0 aliphatic heterocycles. The molecular formula is C15H13BrO3. The third-order valence-corrected chi connectivity index (χ3v) is 3.39. The number of aliphatic carboxylic acids is 1. The Morgan fingerprint density at radius 2 is 1.89 bits per heavy atom. The lowest BCUT2D eigenvalue weighted by molar-refractivity contribution is -0.138. The van der Waals surface area contributed by atoms with Crippen LogP contribution >= 0.6 is 15.9 Å². The Bertz CT molecular complexity index is 595. The Labute approximate surface area is 119 Å². The molecule has 2 rings (SSSR count). The van der Waals surface area contributed by atoms with E-state index in [2.05, 4.69) is 15.9 Å². The summed E-state index contributed by atoms with van der Waals surface area (Å²) in [5.41, 5.74) is 1.54. The zero-order valence-electron chi connectivity index (χ0n) is 10.1. The second kappa shape index (κ2) is 5.89. The molecule has 1 atom stereocenters. The van der Waals surface area contributed by atoms with Gasteiger partial charge in [-0.1, -0.05) is 40.2 Å². The Hall–Kier alpha value is -1.81. The van der Waals surface area contributed by atoms with Gasteiger partial charge < -0.3 is 10.2 Å². The van der Waals surface area contributed by atoms with Crippen molar-refractivity contribution < 1.29 is 15.0 Å². The fourth-order valence-corrected chi connectivity index (χ4v) is 2.44. The van der Waals surface area contributed by atoms with Gasteiger partial charge in [-0.3, -0.25) is 4.79 Å². The van der Waals surface area contributed by atoms with Crippen molar-refractivity contribution in [1.29, 1.82) is 0 Å². The van der Waals surface area contributed by atoms with Gasteiger partial charge in [0.2, 0.25) is 0 Å². The van der Waals surface area contributed by atoms with Crippen LogP contribution in [-0.2, 0) is 11.2 Å². The number of aromatic hydroxyl groups is 1. The highest BCUT2D eigenvalue weighted by atomic mass is 79.9. The second-order valence-corrected chi connectivity index (χ2v) is 5.24. The maximum absolute atomic E-state index is 11.4. The number of carboxylic acid groups (broad SMARTS) is 1. The van der Waals surface area contributed by atoms with E-state index in [9.17, 15) is 15.0 Å². The topological polar surface area (TPSA) is 57.5 Å². The van der Waals surface area contributed by atoms with Gasteiger partial charge in [-0.05, 0) is 41.8 Å². The van der Waals surface area contributed by atoms with Gasteiger partial charge in [-0.2, -0.15) is 0 Å². The van der Waals surface area contributed by atoms with E-state index in [4.69, 9.17) is 0 Å². The van der Waals surface area contributed by atoms with Gasteiger partial charge in [0.15, 0.2) is 0 Å². The molecule has 2 aromatic carbocycles. The average molecular weight is 321 g/mol. The standard InChI is InChI=1S/C15H13BrO3/c16-12-5-1-3-10(7-12)8-14(15(18)19)11-4-2-6-13(17)9-11/h1-7,9,14,17H,8H2,(H,18,19). The lowest BCUT2D eigenvalue weighted by Crippen LogP contribution is -2.14. The number of hydrogen-bond donors (Lipinski definition) is 2. The van der Waals surface area contributed by atoms with Gasteiger partial charge in [0.05, 0.1) is 5.92 Å². The van der Waals surface area contributed by atoms with Gasteiger partial charge in [0.25, 0.3) is 0 Å². The highest BCUT2D eigenvalue weighted by Crippen LogP contribution is 2.25. The molecule has 0 bridgehead atoms. The summed E-state index contributed by atoms with van der Waals surface area (Å²) in [6.45, 7) is 0. The molecule has 0 saturated carbocycles. The summed E-state index contributed by atoms with van der Waals surface area (Å²) in [5, 5.41) is 18.8. The summed E-state index contributed by atoms with van der Waals surface area (Å²) >= 11 is 3.37. The molecule has 0 aliphatic rings. The molecule has 0 fully saturated rings. The number of hydrogen-bond acceptors (Lipinski definition) is 2. The number of carboxylic acids is 1. The second-order valence-electron chi connectivity index (χ2n) is 4.32. The number of benzene rings is 2. The van der Waals surface area contributed by atoms with Crippen LogP contribution in [-0.4, -0.2) is 16.2 Å². The average Bonchev–Trinajstić information content (AvgIpc) is 2.35. The van der Waals surface area contributed by atoms with E-state index in [0.29, 0.717) is 12.0 Å². The molecule has 0 aliphatic carbocycles. The quantitative estimate of drug-likeness (QED) is 0.905. The molecule has 0 heterocycles. The van der Waals surface area contributed by atoms with Crippen molar-refractivity contribution in [2.24, 2.45) is 0 Å². The van der Waals surface area contributed by atoms with Crippen LogP contribution in [0.5, 0.6) is 5.75 Å². The molecular weight excluding hydrogens is 308 g/mol. The molecule has 2 aromatic rings. The van der Waals surface area contributed by atoms with E-state index < -0.39 is 11.9 Å². The number of halogens is 1. The van der Waals surface area contributed by atoms with Crippen LogP contribution in [0.2, 0.25) is 0 Å². The van der Waals surface area contributed by atoms with Gasteiger partial charge >= 0.3 is 5.97 Å². The van der Waals surface area contributed by atoms with Crippen molar-refractivity contribution in [2.75, 3.05) is 0 Å². The van der Waals surface area contributed by atoms with Gasteiger partial charge in [0, 0.05) is 4.47 Å². The molecule has 0 radical (unpaired) electrons. The van der Waals surface area contributed by atoms with Crippen molar-refractivity contribution in [3.05, 3.63) is 64.1 Å². The van der Waals surface area contributed by atoms with Crippen molar-refractivity contribution >= 4 is 21.9 Å². The first kappa shape index (κ1) is 13.6. The first-order valence-corrected chi connectivity index (χ1v) is 6.62. The van der Waals surface area contributed by atoms with E-state index in [0.717, 1.165) is 10.0 Å². The minimum atomic E-state index is -0.898. The molecule has 0 amide bonds. The minimum Gasteiger partial charge on any atom is -0.508 e. The summed E-state index contributed by atoms with van der Waals surface area (Å²) in [4.78, 5) is 11.4. The summed E-state index contributed by atoms with van der Waals surface area (Å²) in [5.74, 6) is -1.48. The number of phenolic OH excluding ortho intramolecular Hbond substituents is 1. The Kier molecular flexibility index (Phi) is 4.22. The molecule has 0 spiro atoms. The third kappa shape index (κ3) is 3.58. The number of rotatable bonds is 4. The first-order chi connectivity index (χ1) is 9.06. The zero-order chi connectivity index (χ0) is 13.8. The predicted octanol–water partition coefficient (Wildman–Crippen LogP) is 3.57. The van der Waals surface area contributed by atoms with Gasteiger partial charge in [-0.25, -0.2) is 0 Å². The Morgan fingerprint density at radius 3 is 2.53 bits per heavy atom. The summed E-state index contributed by atoms with van der Waals surface area (Å²) in [6.07, 6.45) is 0.387. The number of phenols is 1. The molecule has 19 heavy (non-hydrogen) atoms. The van der Waals surface area contributed by atoms with Crippen LogP contribution in [0, 0.1) is 0 Å². The van der Waals surface area contributed by atoms with E-state index >= 15 is 0 Å². The monoisotopic (exact) mass is 320 g/mol. The van der Waals surface area contributed by atoms with Crippen LogP contribution < -0.4 is 0 Å². The fourth-order valence-electron chi connectivity index (χ4n) is 1.99. The summed E-state index contributed by atoms with van der Waals surface area (Å²) in [7, 11) is 0. The molecule has 2 N–H and O–H groups in total. The zero-order valence-corrected chi connectivity index (χ0v) is 11.7. The smallest absolute Gasteiger partial charge is 0.311 e. The maximum atomic E-state index is 11.4. The third-order valence-electron chi connectivity index (χ3n) is 2.90. The van der Waals surface area contributed by atoms with E-state index in [1.807, 2.05) is 24.3 Å². The van der Waals surface area contributed by atoms with Crippen molar-refractivity contribution in [3.8, 4) is 5.75 Å².